The summed E-state index contributed by atoms with van der Waals surface area (Å²) in [6.45, 7) is 0. The van der Waals surface area contributed by atoms with Crippen molar-refractivity contribution in [3.63, 3.8) is 0 Å². The van der Waals surface area contributed by atoms with Gasteiger partial charge < -0.3 is 4.42 Å². The summed E-state index contributed by atoms with van der Waals surface area (Å²) in [6, 6.07) is 5.86. The van der Waals surface area contributed by atoms with Gasteiger partial charge in [-0.3, -0.25) is 10.1 Å². The van der Waals surface area contributed by atoms with Crippen LogP contribution in [0.4, 0.5) is 18.9 Å². The van der Waals surface area contributed by atoms with Crippen LogP contribution in [0, 0.1) is 10.1 Å². The molecule has 1 aromatic carbocycles. The van der Waals surface area contributed by atoms with Gasteiger partial charge in [-0.25, -0.2) is 4.39 Å². The van der Waals surface area contributed by atoms with Crippen molar-refractivity contribution in [3.05, 3.63) is 57.7 Å². The Bertz CT molecular complexity index is 715. The van der Waals surface area contributed by atoms with Crippen LogP contribution >= 0.6 is 11.8 Å². The lowest BCUT2D eigenvalue weighted by Gasteiger charge is -1.97. The summed E-state index contributed by atoms with van der Waals surface area (Å²) >= 11 is 0.967. The molecule has 0 bridgehead atoms. The van der Waals surface area contributed by atoms with Crippen molar-refractivity contribution < 1.29 is 22.5 Å². The molecule has 0 unspecified atom stereocenters. The van der Waals surface area contributed by atoms with Crippen LogP contribution in [0.3, 0.4) is 0 Å². The molecule has 0 aliphatic rings. The zero-order valence-electron chi connectivity index (χ0n) is 11.5. The number of benzene rings is 1. The van der Waals surface area contributed by atoms with Crippen LogP contribution < -0.4 is 0 Å². The molecule has 0 aliphatic carbocycles. The summed E-state index contributed by atoms with van der Waals surface area (Å²) in [5, 5.41) is 18.2. The van der Waals surface area contributed by atoms with Crippen molar-refractivity contribution in [3.8, 4) is 0 Å². The van der Waals surface area contributed by atoms with E-state index in [2.05, 4.69) is 10.2 Å². The third-order valence-corrected chi connectivity index (χ3v) is 3.52. The number of thioether (sulfide) groups is 1. The van der Waals surface area contributed by atoms with Gasteiger partial charge in [0, 0.05) is 24.3 Å². The van der Waals surface area contributed by atoms with Crippen LogP contribution in [-0.4, -0.2) is 20.9 Å². The van der Waals surface area contributed by atoms with Gasteiger partial charge in [-0.15, -0.1) is 10.2 Å². The lowest BCUT2D eigenvalue weighted by atomic mass is 10.1. The number of rotatable bonds is 7. The summed E-state index contributed by atoms with van der Waals surface area (Å²) in [4.78, 5) is 10.0. The number of hydrogen-bond donors (Lipinski definition) is 0. The summed E-state index contributed by atoms with van der Waals surface area (Å²) in [5.74, 6) is -1.14. The third kappa shape index (κ3) is 5.09. The number of nitro benzene ring substituents is 1. The van der Waals surface area contributed by atoms with Crippen LogP contribution in [0.15, 0.2) is 45.8 Å². The molecule has 0 radical (unpaired) electrons. The predicted octanol–water partition coefficient (Wildman–Crippen LogP) is 4.13. The van der Waals surface area contributed by atoms with Crippen molar-refractivity contribution in [1.29, 1.82) is 0 Å². The maximum absolute atomic E-state index is 12.6. The maximum Gasteiger partial charge on any atom is 0.301 e. The fraction of sp³-hybridized carbons (Fsp3) is 0.231. The highest BCUT2D eigenvalue weighted by Gasteiger charge is 2.11. The highest BCUT2D eigenvalue weighted by Crippen LogP contribution is 2.22. The Kier molecular flexibility index (Phi) is 5.74. The molecule has 0 N–H and O–H groups in total. The zero-order valence-corrected chi connectivity index (χ0v) is 12.4. The topological polar surface area (TPSA) is 82.1 Å². The van der Waals surface area contributed by atoms with E-state index >= 15 is 0 Å². The summed E-state index contributed by atoms with van der Waals surface area (Å²) in [5.41, 5.74) is 0.718. The van der Waals surface area contributed by atoms with E-state index in [-0.39, 0.29) is 29.0 Å². The van der Waals surface area contributed by atoms with Crippen LogP contribution in [0.2, 0.25) is 0 Å². The third-order valence-electron chi connectivity index (χ3n) is 2.70. The quantitative estimate of drug-likeness (QED) is 0.426. The van der Waals surface area contributed by atoms with Crippen LogP contribution in [0.1, 0.15) is 17.9 Å². The van der Waals surface area contributed by atoms with E-state index in [1.165, 1.54) is 12.1 Å². The van der Waals surface area contributed by atoms with Gasteiger partial charge in [-0.1, -0.05) is 23.9 Å². The Hall–Kier alpha value is -2.36. The molecule has 2 aromatic rings. The van der Waals surface area contributed by atoms with E-state index in [1.54, 1.807) is 12.1 Å². The van der Waals surface area contributed by atoms with E-state index < -0.39 is 23.3 Å². The highest BCUT2D eigenvalue weighted by atomic mass is 32.2. The second-order valence-electron chi connectivity index (χ2n) is 4.33. The Labute approximate surface area is 132 Å². The Morgan fingerprint density at radius 2 is 1.91 bits per heavy atom. The Balaban J connectivity index is 1.89. The van der Waals surface area contributed by atoms with Crippen molar-refractivity contribution in [2.24, 2.45) is 0 Å². The molecule has 10 heteroatoms. The van der Waals surface area contributed by atoms with Crippen molar-refractivity contribution in [1.82, 2.24) is 10.2 Å². The van der Waals surface area contributed by atoms with E-state index in [4.69, 9.17) is 4.42 Å². The molecule has 1 heterocycles. The summed E-state index contributed by atoms with van der Waals surface area (Å²) < 4.78 is 41.7. The van der Waals surface area contributed by atoms with Crippen LogP contribution in [0.5, 0.6) is 0 Å². The van der Waals surface area contributed by atoms with Gasteiger partial charge in [0.15, 0.2) is 5.83 Å². The van der Waals surface area contributed by atoms with Gasteiger partial charge in [-0.2, -0.15) is 8.78 Å². The first-order chi connectivity index (χ1) is 11.0. The average molecular weight is 345 g/mol. The van der Waals surface area contributed by atoms with Gasteiger partial charge in [-0.05, 0) is 5.56 Å². The molecule has 2 rings (SSSR count). The molecular weight excluding hydrogens is 335 g/mol. The molecule has 0 amide bonds. The largest absolute Gasteiger partial charge is 0.416 e. The summed E-state index contributed by atoms with van der Waals surface area (Å²) in [6.07, 6.45) is -2.47. The first-order valence-electron chi connectivity index (χ1n) is 6.34. The maximum atomic E-state index is 12.6. The second kappa shape index (κ2) is 7.77. The monoisotopic (exact) mass is 345 g/mol. The number of hydrogen-bond acceptors (Lipinski definition) is 6. The normalized spacial score (nSPS) is 10.6. The molecule has 1 aromatic heterocycles. The molecule has 23 heavy (non-hydrogen) atoms. The van der Waals surface area contributed by atoms with Gasteiger partial charge in [0.05, 0.1) is 11.3 Å². The molecule has 0 spiro atoms. The zero-order chi connectivity index (χ0) is 16.8. The Morgan fingerprint density at radius 1 is 1.22 bits per heavy atom. The van der Waals surface area contributed by atoms with Crippen molar-refractivity contribution in [2.75, 3.05) is 5.75 Å². The molecule has 122 valence electrons. The molecule has 0 fully saturated rings. The average Bonchev–Trinajstić information content (AvgIpc) is 2.95. The number of non-ortho nitro benzene ring substituents is 1. The van der Waals surface area contributed by atoms with E-state index in [9.17, 15) is 23.3 Å². The SMILES string of the molecule is O=[N+]([O-])c1ccc(Cc2nnc(SCCC(F)=C(F)F)o2)cc1. The van der Waals surface area contributed by atoms with Crippen LogP contribution in [-0.2, 0) is 6.42 Å². The van der Waals surface area contributed by atoms with Crippen molar-refractivity contribution >= 4 is 17.4 Å². The molecule has 6 nitrogen and oxygen atoms in total. The lowest BCUT2D eigenvalue weighted by molar-refractivity contribution is -0.384. The standard InChI is InChI=1S/C13H10F3N3O3S/c14-10(12(15)16)5-6-23-13-18-17-11(22-13)7-8-1-3-9(4-2-8)19(20)21/h1-4H,5-7H2. The minimum Gasteiger partial charge on any atom is -0.416 e. The number of halogens is 3. The number of aromatic nitrogens is 2. The molecular formula is C13H10F3N3O3S. The smallest absolute Gasteiger partial charge is 0.301 e. The van der Waals surface area contributed by atoms with Crippen molar-refractivity contribution in [2.45, 2.75) is 18.1 Å². The van der Waals surface area contributed by atoms with E-state index in [1.807, 2.05) is 0 Å². The first kappa shape index (κ1) is 17.0. The fourth-order valence-electron chi connectivity index (χ4n) is 1.60. The van der Waals surface area contributed by atoms with E-state index in [0.29, 0.717) is 0 Å². The molecule has 0 saturated carbocycles. The van der Waals surface area contributed by atoms with E-state index in [0.717, 1.165) is 17.3 Å². The van der Waals surface area contributed by atoms with Gasteiger partial charge in [0.2, 0.25) is 5.89 Å². The number of nitro groups is 1. The number of allylic oxidation sites excluding steroid dienone is 1. The second-order valence-corrected chi connectivity index (χ2v) is 5.37. The molecule has 0 atom stereocenters. The molecule has 0 aliphatic heterocycles. The lowest BCUT2D eigenvalue weighted by Crippen LogP contribution is -1.91. The number of nitrogens with zero attached hydrogens (tertiary/aromatic N) is 3. The Morgan fingerprint density at radius 3 is 2.52 bits per heavy atom. The minimum atomic E-state index is -2.32. The van der Waals surface area contributed by atoms with Gasteiger partial charge >= 0.3 is 6.08 Å². The minimum absolute atomic E-state index is 0.0225. The summed E-state index contributed by atoms with van der Waals surface area (Å²) in [7, 11) is 0. The molecule has 0 saturated heterocycles. The fourth-order valence-corrected chi connectivity index (χ4v) is 2.31. The highest BCUT2D eigenvalue weighted by molar-refractivity contribution is 7.99. The predicted molar refractivity (Wildman–Crippen MR) is 75.9 cm³/mol. The first-order valence-corrected chi connectivity index (χ1v) is 7.32. The van der Waals surface area contributed by atoms with Gasteiger partial charge in [0.25, 0.3) is 10.9 Å². The van der Waals surface area contributed by atoms with Gasteiger partial charge in [0.1, 0.15) is 0 Å². The van der Waals surface area contributed by atoms with Crippen LogP contribution in [0.25, 0.3) is 0 Å².